The van der Waals surface area contributed by atoms with Gasteiger partial charge in [0.25, 0.3) is 0 Å². The van der Waals surface area contributed by atoms with E-state index in [1.165, 1.54) is 6.33 Å². The van der Waals surface area contributed by atoms with Gasteiger partial charge in [0, 0.05) is 16.7 Å². The predicted molar refractivity (Wildman–Crippen MR) is 65.4 cm³/mol. The Bertz CT molecular complexity index is 479. The highest BCUT2D eigenvalue weighted by molar-refractivity contribution is 9.10. The monoisotopic (exact) mass is 279 g/mol. The molecule has 1 aromatic carbocycles. The third-order valence-corrected chi connectivity index (χ3v) is 2.49. The zero-order valence-electron chi connectivity index (χ0n) is 8.64. The standard InChI is InChI=1S/C11H10BrN3O/c1-7-4-8(12)5-9(13)11(7)16-10-2-3-14-6-15-10/h2-6H,13H2,1H3. The van der Waals surface area contributed by atoms with E-state index in [4.69, 9.17) is 10.5 Å². The smallest absolute Gasteiger partial charge is 0.222 e. The van der Waals surface area contributed by atoms with Gasteiger partial charge in [0.1, 0.15) is 6.33 Å². The SMILES string of the molecule is Cc1cc(Br)cc(N)c1Oc1ccncn1. The van der Waals surface area contributed by atoms with Crippen LogP contribution in [0.15, 0.2) is 35.2 Å². The number of halogens is 1. The third-order valence-electron chi connectivity index (χ3n) is 2.03. The van der Waals surface area contributed by atoms with Gasteiger partial charge in [0.2, 0.25) is 5.88 Å². The molecule has 2 N–H and O–H groups in total. The summed E-state index contributed by atoms with van der Waals surface area (Å²) < 4.78 is 6.53. The Labute approximate surface area is 102 Å². The molecule has 5 heteroatoms. The molecule has 1 heterocycles. The van der Waals surface area contributed by atoms with Crippen LogP contribution < -0.4 is 10.5 Å². The molecule has 0 aliphatic carbocycles. The number of hydrogen-bond donors (Lipinski definition) is 1. The highest BCUT2D eigenvalue weighted by Crippen LogP contribution is 2.32. The van der Waals surface area contributed by atoms with Crippen LogP contribution in [0, 0.1) is 6.92 Å². The zero-order valence-corrected chi connectivity index (χ0v) is 10.2. The van der Waals surface area contributed by atoms with E-state index in [0.29, 0.717) is 17.3 Å². The zero-order chi connectivity index (χ0) is 11.5. The Morgan fingerprint density at radius 3 is 2.81 bits per heavy atom. The van der Waals surface area contributed by atoms with Crippen molar-refractivity contribution in [1.29, 1.82) is 0 Å². The number of nitrogens with zero attached hydrogens (tertiary/aromatic N) is 2. The van der Waals surface area contributed by atoms with Crippen molar-refractivity contribution in [1.82, 2.24) is 9.97 Å². The minimum absolute atomic E-state index is 0.479. The number of nitrogens with two attached hydrogens (primary N) is 1. The van der Waals surface area contributed by atoms with Gasteiger partial charge in [-0.3, -0.25) is 0 Å². The van der Waals surface area contributed by atoms with Crippen LogP contribution in [-0.2, 0) is 0 Å². The molecular weight excluding hydrogens is 270 g/mol. The molecule has 2 rings (SSSR count). The van der Waals surface area contributed by atoms with Gasteiger partial charge in [-0.1, -0.05) is 15.9 Å². The molecule has 4 nitrogen and oxygen atoms in total. The lowest BCUT2D eigenvalue weighted by atomic mass is 10.2. The van der Waals surface area contributed by atoms with Crippen LogP contribution >= 0.6 is 15.9 Å². The second kappa shape index (κ2) is 4.49. The molecule has 1 aromatic heterocycles. The number of aromatic nitrogens is 2. The Morgan fingerprint density at radius 2 is 2.19 bits per heavy atom. The van der Waals surface area contributed by atoms with Gasteiger partial charge in [-0.2, -0.15) is 0 Å². The minimum Gasteiger partial charge on any atom is -0.436 e. The maximum Gasteiger partial charge on any atom is 0.222 e. The summed E-state index contributed by atoms with van der Waals surface area (Å²) in [5.74, 6) is 1.11. The first-order chi connectivity index (χ1) is 7.66. The number of anilines is 1. The fraction of sp³-hybridized carbons (Fsp3) is 0.0909. The second-order valence-corrected chi connectivity index (χ2v) is 4.21. The topological polar surface area (TPSA) is 61.0 Å². The van der Waals surface area contributed by atoms with Crippen molar-refractivity contribution in [2.45, 2.75) is 6.92 Å². The Morgan fingerprint density at radius 1 is 1.38 bits per heavy atom. The van der Waals surface area contributed by atoms with E-state index in [9.17, 15) is 0 Å². The molecule has 82 valence electrons. The van der Waals surface area contributed by atoms with Gasteiger partial charge >= 0.3 is 0 Å². The summed E-state index contributed by atoms with van der Waals surface area (Å²) in [6.45, 7) is 1.93. The highest BCUT2D eigenvalue weighted by atomic mass is 79.9. The van der Waals surface area contributed by atoms with Crippen LogP contribution in [0.2, 0.25) is 0 Å². The lowest BCUT2D eigenvalue weighted by Gasteiger charge is -2.10. The Kier molecular flexibility index (Phi) is 3.05. The van der Waals surface area contributed by atoms with Gasteiger partial charge in [-0.25, -0.2) is 9.97 Å². The van der Waals surface area contributed by atoms with Crippen LogP contribution in [0.3, 0.4) is 0 Å². The molecule has 0 bridgehead atoms. The predicted octanol–water partition coefficient (Wildman–Crippen LogP) is 2.92. The van der Waals surface area contributed by atoms with E-state index in [1.807, 2.05) is 13.0 Å². The fourth-order valence-corrected chi connectivity index (χ4v) is 1.93. The van der Waals surface area contributed by atoms with E-state index >= 15 is 0 Å². The van der Waals surface area contributed by atoms with Gasteiger partial charge in [0.05, 0.1) is 5.69 Å². The van der Waals surface area contributed by atoms with Crippen molar-refractivity contribution >= 4 is 21.6 Å². The Hall–Kier alpha value is -1.62. The molecule has 0 radical (unpaired) electrons. The fourth-order valence-electron chi connectivity index (χ4n) is 1.34. The first-order valence-corrected chi connectivity index (χ1v) is 5.45. The van der Waals surface area contributed by atoms with E-state index in [2.05, 4.69) is 25.9 Å². The maximum absolute atomic E-state index is 5.87. The van der Waals surface area contributed by atoms with Crippen LogP contribution in [0.25, 0.3) is 0 Å². The molecule has 0 saturated heterocycles. The molecule has 0 saturated carbocycles. The minimum atomic E-state index is 0.479. The first-order valence-electron chi connectivity index (χ1n) is 4.66. The molecule has 16 heavy (non-hydrogen) atoms. The van der Waals surface area contributed by atoms with Crippen molar-refractivity contribution in [3.63, 3.8) is 0 Å². The number of rotatable bonds is 2. The summed E-state index contributed by atoms with van der Waals surface area (Å²) in [7, 11) is 0. The van der Waals surface area contributed by atoms with Crippen LogP contribution in [0.4, 0.5) is 5.69 Å². The first kappa shape index (κ1) is 10.9. The van der Waals surface area contributed by atoms with E-state index < -0.39 is 0 Å². The molecular formula is C11H10BrN3O. The number of benzene rings is 1. The van der Waals surface area contributed by atoms with Crippen molar-refractivity contribution in [2.75, 3.05) is 5.73 Å². The summed E-state index contributed by atoms with van der Waals surface area (Å²) in [6, 6.07) is 5.41. The molecule has 0 fully saturated rings. The molecule has 0 aliphatic heterocycles. The van der Waals surface area contributed by atoms with E-state index in [1.54, 1.807) is 18.3 Å². The van der Waals surface area contributed by atoms with Crippen molar-refractivity contribution < 1.29 is 4.74 Å². The average molecular weight is 280 g/mol. The van der Waals surface area contributed by atoms with Crippen molar-refractivity contribution in [3.05, 3.63) is 40.8 Å². The average Bonchev–Trinajstić information content (AvgIpc) is 2.25. The lowest BCUT2D eigenvalue weighted by molar-refractivity contribution is 0.460. The van der Waals surface area contributed by atoms with Gasteiger partial charge < -0.3 is 10.5 Å². The Balaban J connectivity index is 2.35. The second-order valence-electron chi connectivity index (χ2n) is 3.29. The van der Waals surface area contributed by atoms with Gasteiger partial charge in [0.15, 0.2) is 5.75 Å². The molecule has 0 spiro atoms. The van der Waals surface area contributed by atoms with Crippen LogP contribution in [0.1, 0.15) is 5.56 Å². The van der Waals surface area contributed by atoms with Crippen LogP contribution in [0.5, 0.6) is 11.6 Å². The molecule has 0 unspecified atom stereocenters. The quantitative estimate of drug-likeness (QED) is 0.859. The molecule has 2 aromatic rings. The summed E-state index contributed by atoms with van der Waals surface area (Å²) in [6.07, 6.45) is 3.05. The number of hydrogen-bond acceptors (Lipinski definition) is 4. The third kappa shape index (κ3) is 2.30. The van der Waals surface area contributed by atoms with E-state index in [0.717, 1.165) is 10.0 Å². The van der Waals surface area contributed by atoms with Crippen molar-refractivity contribution in [3.8, 4) is 11.6 Å². The normalized spacial score (nSPS) is 10.1. The van der Waals surface area contributed by atoms with Gasteiger partial charge in [-0.15, -0.1) is 0 Å². The number of nitrogen functional groups attached to an aromatic ring is 1. The summed E-state index contributed by atoms with van der Waals surface area (Å²) in [5, 5.41) is 0. The summed E-state index contributed by atoms with van der Waals surface area (Å²) >= 11 is 3.37. The largest absolute Gasteiger partial charge is 0.436 e. The number of aryl methyl sites for hydroxylation is 1. The highest BCUT2D eigenvalue weighted by Gasteiger charge is 2.07. The molecule has 0 amide bonds. The van der Waals surface area contributed by atoms with Crippen LogP contribution in [-0.4, -0.2) is 9.97 Å². The molecule has 0 atom stereocenters. The maximum atomic E-state index is 5.87. The number of ether oxygens (including phenoxy) is 1. The summed E-state index contributed by atoms with van der Waals surface area (Å²) in [5.41, 5.74) is 7.40. The van der Waals surface area contributed by atoms with E-state index in [-0.39, 0.29) is 0 Å². The summed E-state index contributed by atoms with van der Waals surface area (Å²) in [4.78, 5) is 7.79. The lowest BCUT2D eigenvalue weighted by Crippen LogP contribution is -1.96. The molecule has 0 aliphatic rings. The van der Waals surface area contributed by atoms with Crippen molar-refractivity contribution in [2.24, 2.45) is 0 Å². The van der Waals surface area contributed by atoms with Gasteiger partial charge in [-0.05, 0) is 24.6 Å².